The molecule has 0 saturated carbocycles. The lowest BCUT2D eigenvalue weighted by Crippen LogP contribution is -2.28. The highest BCUT2D eigenvalue weighted by Gasteiger charge is 2.11. The normalized spacial score (nSPS) is 16.2. The van der Waals surface area contributed by atoms with E-state index in [9.17, 15) is 0 Å². The Balaban J connectivity index is 0.00000128. The van der Waals surface area contributed by atoms with Crippen LogP contribution in [-0.2, 0) is 0 Å². The highest BCUT2D eigenvalue weighted by molar-refractivity contribution is 5.85. The van der Waals surface area contributed by atoms with Crippen molar-refractivity contribution in [2.45, 2.75) is 6.42 Å². The van der Waals surface area contributed by atoms with E-state index >= 15 is 0 Å². The van der Waals surface area contributed by atoms with E-state index in [1.54, 1.807) is 13.4 Å². The number of rotatable bonds is 2. The number of halogens is 1. The molecule has 0 aliphatic carbocycles. The molecular weight excluding hydrogens is 228 g/mol. The SMILES string of the molecule is COc1cc(N2CCCNCC2)ncn1.Cl. The molecule has 0 amide bonds. The van der Waals surface area contributed by atoms with Crippen molar-refractivity contribution in [3.63, 3.8) is 0 Å². The number of ether oxygens (including phenoxy) is 1. The molecule has 16 heavy (non-hydrogen) atoms. The summed E-state index contributed by atoms with van der Waals surface area (Å²) < 4.78 is 5.08. The zero-order valence-corrected chi connectivity index (χ0v) is 10.2. The van der Waals surface area contributed by atoms with Crippen LogP contribution in [0.5, 0.6) is 5.88 Å². The number of nitrogens with zero attached hydrogens (tertiary/aromatic N) is 3. The number of anilines is 1. The van der Waals surface area contributed by atoms with Gasteiger partial charge in [-0.25, -0.2) is 9.97 Å². The summed E-state index contributed by atoms with van der Waals surface area (Å²) in [6, 6.07) is 1.88. The molecule has 0 spiro atoms. The molecule has 1 aromatic heterocycles. The minimum Gasteiger partial charge on any atom is -0.481 e. The summed E-state index contributed by atoms with van der Waals surface area (Å²) in [7, 11) is 1.62. The molecule has 0 unspecified atom stereocenters. The maximum Gasteiger partial charge on any atom is 0.218 e. The van der Waals surface area contributed by atoms with E-state index in [0.29, 0.717) is 5.88 Å². The summed E-state index contributed by atoms with van der Waals surface area (Å²) in [5, 5.41) is 3.36. The van der Waals surface area contributed by atoms with Crippen molar-refractivity contribution in [3.05, 3.63) is 12.4 Å². The van der Waals surface area contributed by atoms with Gasteiger partial charge in [0.1, 0.15) is 12.1 Å². The van der Waals surface area contributed by atoms with Crippen molar-refractivity contribution >= 4 is 18.2 Å². The Bertz CT molecular complexity index is 315. The predicted molar refractivity (Wildman–Crippen MR) is 65.5 cm³/mol. The number of methoxy groups -OCH3 is 1. The molecule has 1 aromatic rings. The van der Waals surface area contributed by atoms with E-state index in [4.69, 9.17) is 4.74 Å². The molecule has 5 nitrogen and oxygen atoms in total. The Morgan fingerprint density at radius 2 is 2.19 bits per heavy atom. The van der Waals surface area contributed by atoms with Gasteiger partial charge in [-0.15, -0.1) is 12.4 Å². The Morgan fingerprint density at radius 1 is 1.31 bits per heavy atom. The fourth-order valence-corrected chi connectivity index (χ4v) is 1.69. The molecule has 1 saturated heterocycles. The van der Waals surface area contributed by atoms with Gasteiger partial charge in [-0.05, 0) is 13.0 Å². The van der Waals surface area contributed by atoms with Crippen LogP contribution in [0.4, 0.5) is 5.82 Å². The average molecular weight is 245 g/mol. The molecule has 2 heterocycles. The minimum absolute atomic E-state index is 0. The van der Waals surface area contributed by atoms with Crippen LogP contribution in [0.3, 0.4) is 0 Å². The van der Waals surface area contributed by atoms with Gasteiger partial charge in [0.05, 0.1) is 7.11 Å². The maximum absolute atomic E-state index is 5.08. The topological polar surface area (TPSA) is 50.3 Å². The van der Waals surface area contributed by atoms with E-state index in [0.717, 1.165) is 38.4 Å². The highest BCUT2D eigenvalue weighted by Crippen LogP contribution is 2.15. The zero-order valence-electron chi connectivity index (χ0n) is 9.35. The van der Waals surface area contributed by atoms with Crippen LogP contribution < -0.4 is 15.0 Å². The van der Waals surface area contributed by atoms with E-state index in [-0.39, 0.29) is 12.4 Å². The first kappa shape index (κ1) is 13.0. The lowest BCUT2D eigenvalue weighted by Gasteiger charge is -2.20. The number of nitrogens with one attached hydrogen (secondary N) is 1. The van der Waals surface area contributed by atoms with Gasteiger partial charge in [-0.3, -0.25) is 0 Å². The monoisotopic (exact) mass is 244 g/mol. The fraction of sp³-hybridized carbons (Fsp3) is 0.600. The zero-order chi connectivity index (χ0) is 10.5. The van der Waals surface area contributed by atoms with Crippen LogP contribution >= 0.6 is 12.4 Å². The Labute approximate surface area is 102 Å². The molecule has 0 bridgehead atoms. The van der Waals surface area contributed by atoms with Crippen LogP contribution in [0.25, 0.3) is 0 Å². The quantitative estimate of drug-likeness (QED) is 0.830. The van der Waals surface area contributed by atoms with Gasteiger partial charge in [0.2, 0.25) is 5.88 Å². The van der Waals surface area contributed by atoms with Gasteiger partial charge >= 0.3 is 0 Å². The number of aromatic nitrogens is 2. The maximum atomic E-state index is 5.08. The molecule has 0 aromatic carbocycles. The third-order valence-corrected chi connectivity index (χ3v) is 2.50. The summed E-state index contributed by atoms with van der Waals surface area (Å²) in [6.45, 7) is 4.11. The molecule has 90 valence electrons. The molecule has 1 aliphatic heterocycles. The summed E-state index contributed by atoms with van der Waals surface area (Å²) in [5.41, 5.74) is 0. The standard InChI is InChI=1S/C10H16N4O.ClH/c1-15-10-7-9(12-8-13-10)14-5-2-3-11-4-6-14;/h7-8,11H,2-6H2,1H3;1H. The van der Waals surface area contributed by atoms with E-state index in [1.807, 2.05) is 6.07 Å². The van der Waals surface area contributed by atoms with Crippen molar-refractivity contribution in [2.24, 2.45) is 0 Å². The Kier molecular flexibility index (Phi) is 5.28. The first-order valence-corrected chi connectivity index (χ1v) is 5.22. The summed E-state index contributed by atoms with van der Waals surface area (Å²) in [6.07, 6.45) is 2.69. The lowest BCUT2D eigenvalue weighted by atomic mass is 10.4. The van der Waals surface area contributed by atoms with Crippen molar-refractivity contribution in [2.75, 3.05) is 38.2 Å². The highest BCUT2D eigenvalue weighted by atomic mass is 35.5. The molecule has 6 heteroatoms. The summed E-state index contributed by atoms with van der Waals surface area (Å²) >= 11 is 0. The molecule has 1 N–H and O–H groups in total. The van der Waals surface area contributed by atoms with Crippen molar-refractivity contribution in [3.8, 4) is 5.88 Å². The van der Waals surface area contributed by atoms with E-state index in [2.05, 4.69) is 20.2 Å². The Hall–Kier alpha value is -1.07. The average Bonchev–Trinajstić information content (AvgIpc) is 2.58. The van der Waals surface area contributed by atoms with E-state index in [1.165, 1.54) is 0 Å². The predicted octanol–water partition coefficient (Wildman–Crippen LogP) is 0.707. The lowest BCUT2D eigenvalue weighted by molar-refractivity contribution is 0.396. The molecule has 0 radical (unpaired) electrons. The van der Waals surface area contributed by atoms with Crippen LogP contribution in [0.15, 0.2) is 12.4 Å². The van der Waals surface area contributed by atoms with Crippen molar-refractivity contribution in [1.29, 1.82) is 0 Å². The van der Waals surface area contributed by atoms with E-state index < -0.39 is 0 Å². The third-order valence-electron chi connectivity index (χ3n) is 2.50. The molecule has 1 fully saturated rings. The van der Waals surface area contributed by atoms with Crippen LogP contribution in [-0.4, -0.2) is 43.3 Å². The van der Waals surface area contributed by atoms with Gasteiger partial charge in [0.25, 0.3) is 0 Å². The molecular formula is C10H17ClN4O. The second kappa shape index (κ2) is 6.50. The van der Waals surface area contributed by atoms with Crippen LogP contribution in [0, 0.1) is 0 Å². The summed E-state index contributed by atoms with van der Waals surface area (Å²) in [4.78, 5) is 10.5. The smallest absolute Gasteiger partial charge is 0.218 e. The second-order valence-corrected chi connectivity index (χ2v) is 3.51. The first-order chi connectivity index (χ1) is 7.40. The second-order valence-electron chi connectivity index (χ2n) is 3.51. The largest absolute Gasteiger partial charge is 0.481 e. The molecule has 1 aliphatic rings. The first-order valence-electron chi connectivity index (χ1n) is 5.22. The Morgan fingerprint density at radius 3 is 3.00 bits per heavy atom. The minimum atomic E-state index is 0. The van der Waals surface area contributed by atoms with Gasteiger partial charge in [-0.1, -0.05) is 0 Å². The molecule has 2 rings (SSSR count). The van der Waals surface area contributed by atoms with Gasteiger partial charge < -0.3 is 15.0 Å². The number of hydrogen-bond donors (Lipinski definition) is 1. The number of hydrogen-bond acceptors (Lipinski definition) is 5. The van der Waals surface area contributed by atoms with Crippen molar-refractivity contribution < 1.29 is 4.74 Å². The fourth-order valence-electron chi connectivity index (χ4n) is 1.69. The summed E-state index contributed by atoms with van der Waals surface area (Å²) in [5.74, 6) is 1.57. The van der Waals surface area contributed by atoms with Crippen molar-refractivity contribution in [1.82, 2.24) is 15.3 Å². The van der Waals surface area contributed by atoms with Gasteiger partial charge in [0.15, 0.2) is 0 Å². The van der Waals surface area contributed by atoms with Gasteiger partial charge in [0, 0.05) is 25.7 Å². The van der Waals surface area contributed by atoms with Gasteiger partial charge in [-0.2, -0.15) is 0 Å². The van der Waals surface area contributed by atoms with Crippen LogP contribution in [0.1, 0.15) is 6.42 Å². The third kappa shape index (κ3) is 3.21. The van der Waals surface area contributed by atoms with Crippen LogP contribution in [0.2, 0.25) is 0 Å². The molecule has 0 atom stereocenters.